The second kappa shape index (κ2) is 8.49. The van der Waals surface area contributed by atoms with Crippen molar-refractivity contribution in [3.63, 3.8) is 0 Å². The number of rotatable bonds is 8. The molecule has 0 saturated carbocycles. The van der Waals surface area contributed by atoms with Crippen LogP contribution in [0, 0.1) is 29.6 Å². The first-order valence-electron chi connectivity index (χ1n) is 8.45. The zero-order chi connectivity index (χ0) is 15.1. The van der Waals surface area contributed by atoms with E-state index in [9.17, 15) is 0 Å². The van der Waals surface area contributed by atoms with Gasteiger partial charge in [-0.05, 0) is 54.4 Å². The number of aryl methyl sites for hydroxylation is 1. The molecule has 0 radical (unpaired) electrons. The average molecular weight is 274 g/mol. The maximum atomic E-state index is 2.44. The predicted octanol–water partition coefficient (Wildman–Crippen LogP) is 6.21. The van der Waals surface area contributed by atoms with E-state index in [1.54, 1.807) is 0 Å². The van der Waals surface area contributed by atoms with Crippen molar-refractivity contribution in [1.29, 1.82) is 0 Å². The maximum Gasteiger partial charge on any atom is -0.0276 e. The fourth-order valence-electron chi connectivity index (χ4n) is 3.23. The first kappa shape index (κ1) is 17.3. The van der Waals surface area contributed by atoms with Crippen LogP contribution >= 0.6 is 0 Å². The van der Waals surface area contributed by atoms with Crippen molar-refractivity contribution in [2.24, 2.45) is 29.6 Å². The lowest BCUT2D eigenvalue weighted by Crippen LogP contribution is -2.24. The van der Waals surface area contributed by atoms with Crippen molar-refractivity contribution in [3.8, 4) is 0 Å². The minimum Gasteiger partial charge on any atom is -0.0625 e. The van der Waals surface area contributed by atoms with E-state index in [2.05, 4.69) is 71.9 Å². The van der Waals surface area contributed by atoms with Crippen LogP contribution in [0.5, 0.6) is 0 Å². The molecule has 0 amide bonds. The van der Waals surface area contributed by atoms with Gasteiger partial charge in [0.05, 0.1) is 0 Å². The van der Waals surface area contributed by atoms with Crippen LogP contribution in [0.15, 0.2) is 30.3 Å². The Bertz CT molecular complexity index is 350. The lowest BCUT2D eigenvalue weighted by Gasteiger charge is -2.32. The molecule has 1 aromatic rings. The lowest BCUT2D eigenvalue weighted by molar-refractivity contribution is 0.176. The zero-order valence-corrected chi connectivity index (χ0v) is 14.4. The summed E-state index contributed by atoms with van der Waals surface area (Å²) in [6.07, 6.45) is 3.92. The third kappa shape index (κ3) is 5.69. The number of benzene rings is 1. The molecule has 0 saturated heterocycles. The van der Waals surface area contributed by atoms with E-state index in [0.29, 0.717) is 0 Å². The summed E-state index contributed by atoms with van der Waals surface area (Å²) in [5.41, 5.74) is 1.48. The van der Waals surface area contributed by atoms with Crippen molar-refractivity contribution in [3.05, 3.63) is 35.9 Å². The van der Waals surface area contributed by atoms with E-state index in [1.165, 1.54) is 24.8 Å². The van der Waals surface area contributed by atoms with E-state index >= 15 is 0 Å². The number of hydrogen-bond donors (Lipinski definition) is 0. The third-order valence-electron chi connectivity index (χ3n) is 5.03. The fourth-order valence-corrected chi connectivity index (χ4v) is 3.23. The molecule has 0 aliphatic heterocycles. The van der Waals surface area contributed by atoms with Crippen molar-refractivity contribution < 1.29 is 0 Å². The van der Waals surface area contributed by atoms with E-state index in [0.717, 1.165) is 29.6 Å². The highest BCUT2D eigenvalue weighted by Crippen LogP contribution is 2.33. The first-order chi connectivity index (χ1) is 9.41. The van der Waals surface area contributed by atoms with Gasteiger partial charge in [0.15, 0.2) is 0 Å². The third-order valence-corrected chi connectivity index (χ3v) is 5.03. The largest absolute Gasteiger partial charge is 0.0625 e. The molecule has 0 aliphatic carbocycles. The van der Waals surface area contributed by atoms with Gasteiger partial charge >= 0.3 is 0 Å². The Morgan fingerprint density at radius 2 is 1.40 bits per heavy atom. The minimum absolute atomic E-state index is 0.795. The first-order valence-corrected chi connectivity index (χ1v) is 8.45. The minimum atomic E-state index is 0.795. The maximum absolute atomic E-state index is 2.44. The SMILES string of the molecule is CC(CCc1ccccc1)CC(C(C)C)C(C)C(C)C. The standard InChI is InChI=1S/C20H34/c1-15(2)18(6)20(16(3)4)14-17(5)12-13-19-10-8-7-9-11-19/h7-11,15-18,20H,12-14H2,1-6H3. The molecule has 0 bridgehead atoms. The van der Waals surface area contributed by atoms with Crippen LogP contribution in [0.25, 0.3) is 0 Å². The number of hydrogen-bond acceptors (Lipinski definition) is 0. The molecule has 0 aromatic heterocycles. The Kier molecular flexibility index (Phi) is 7.34. The summed E-state index contributed by atoms with van der Waals surface area (Å²) in [4.78, 5) is 0. The van der Waals surface area contributed by atoms with Crippen LogP contribution in [-0.2, 0) is 6.42 Å². The van der Waals surface area contributed by atoms with Gasteiger partial charge in [-0.25, -0.2) is 0 Å². The molecule has 3 unspecified atom stereocenters. The summed E-state index contributed by atoms with van der Waals surface area (Å²) >= 11 is 0. The molecule has 1 rings (SSSR count). The van der Waals surface area contributed by atoms with Crippen LogP contribution in [0.4, 0.5) is 0 Å². The van der Waals surface area contributed by atoms with E-state index in [4.69, 9.17) is 0 Å². The van der Waals surface area contributed by atoms with Gasteiger partial charge in [0.25, 0.3) is 0 Å². The van der Waals surface area contributed by atoms with E-state index in [1.807, 2.05) is 0 Å². The predicted molar refractivity (Wildman–Crippen MR) is 90.9 cm³/mol. The van der Waals surface area contributed by atoms with Crippen molar-refractivity contribution in [2.75, 3.05) is 0 Å². The van der Waals surface area contributed by atoms with Crippen molar-refractivity contribution in [1.82, 2.24) is 0 Å². The van der Waals surface area contributed by atoms with Gasteiger partial charge in [-0.1, -0.05) is 71.9 Å². The van der Waals surface area contributed by atoms with Crippen molar-refractivity contribution >= 4 is 0 Å². The van der Waals surface area contributed by atoms with E-state index in [-0.39, 0.29) is 0 Å². The quantitative estimate of drug-likeness (QED) is 0.528. The Morgan fingerprint density at radius 1 is 0.800 bits per heavy atom. The molecule has 0 heterocycles. The molecular formula is C20H34. The van der Waals surface area contributed by atoms with Crippen LogP contribution in [0.3, 0.4) is 0 Å². The smallest absolute Gasteiger partial charge is 0.0276 e. The van der Waals surface area contributed by atoms with Crippen LogP contribution in [0.1, 0.15) is 59.9 Å². The van der Waals surface area contributed by atoms with Crippen LogP contribution < -0.4 is 0 Å². The van der Waals surface area contributed by atoms with Gasteiger partial charge in [0.2, 0.25) is 0 Å². The summed E-state index contributed by atoms with van der Waals surface area (Å²) in [7, 11) is 0. The lowest BCUT2D eigenvalue weighted by atomic mass is 9.73. The van der Waals surface area contributed by atoms with Gasteiger partial charge in [-0.15, -0.1) is 0 Å². The van der Waals surface area contributed by atoms with Gasteiger partial charge < -0.3 is 0 Å². The highest BCUT2D eigenvalue weighted by atomic mass is 14.3. The normalized spacial score (nSPS) is 16.4. The summed E-state index contributed by atoms with van der Waals surface area (Å²) < 4.78 is 0. The van der Waals surface area contributed by atoms with Crippen LogP contribution in [0.2, 0.25) is 0 Å². The Labute approximate surface area is 127 Å². The summed E-state index contributed by atoms with van der Waals surface area (Å²) in [6, 6.07) is 10.9. The molecule has 114 valence electrons. The van der Waals surface area contributed by atoms with Crippen LogP contribution in [-0.4, -0.2) is 0 Å². The van der Waals surface area contributed by atoms with Crippen molar-refractivity contribution in [2.45, 2.75) is 60.8 Å². The van der Waals surface area contributed by atoms with Gasteiger partial charge in [-0.3, -0.25) is 0 Å². The summed E-state index contributed by atoms with van der Waals surface area (Å²) in [6.45, 7) is 14.4. The second-order valence-corrected chi connectivity index (χ2v) is 7.38. The fraction of sp³-hybridized carbons (Fsp3) is 0.700. The highest BCUT2D eigenvalue weighted by Gasteiger charge is 2.24. The van der Waals surface area contributed by atoms with Gasteiger partial charge in [0.1, 0.15) is 0 Å². The molecular weight excluding hydrogens is 240 g/mol. The molecule has 0 N–H and O–H groups in total. The molecule has 0 aliphatic rings. The molecule has 3 atom stereocenters. The van der Waals surface area contributed by atoms with E-state index < -0.39 is 0 Å². The Hall–Kier alpha value is -0.780. The average Bonchev–Trinajstić information content (AvgIpc) is 2.42. The molecule has 0 spiro atoms. The highest BCUT2D eigenvalue weighted by molar-refractivity contribution is 5.14. The van der Waals surface area contributed by atoms with Gasteiger partial charge in [0, 0.05) is 0 Å². The molecule has 0 heteroatoms. The topological polar surface area (TPSA) is 0 Å². The molecule has 1 aromatic carbocycles. The zero-order valence-electron chi connectivity index (χ0n) is 14.4. The molecule has 0 nitrogen and oxygen atoms in total. The molecule has 0 fully saturated rings. The Morgan fingerprint density at radius 3 is 1.90 bits per heavy atom. The Balaban J connectivity index is 2.48. The summed E-state index contributed by atoms with van der Waals surface area (Å²) in [5, 5.41) is 0. The second-order valence-electron chi connectivity index (χ2n) is 7.38. The summed E-state index contributed by atoms with van der Waals surface area (Å²) in [5.74, 6) is 4.11. The monoisotopic (exact) mass is 274 g/mol. The molecule has 20 heavy (non-hydrogen) atoms. The van der Waals surface area contributed by atoms with Gasteiger partial charge in [-0.2, -0.15) is 0 Å².